The predicted octanol–water partition coefficient (Wildman–Crippen LogP) is 4.47. The maximum Gasteiger partial charge on any atom is 0.387 e. The Morgan fingerprint density at radius 2 is 1.81 bits per heavy atom. The molecule has 0 aliphatic heterocycles. The molecule has 0 atom stereocenters. The molecule has 0 unspecified atom stereocenters. The Kier molecular flexibility index (Phi) is 4.87. The minimum Gasteiger partial charge on any atom is -0.435 e. The number of alkyl halides is 2. The van der Waals surface area contributed by atoms with Gasteiger partial charge in [0.05, 0.1) is 5.56 Å². The fourth-order valence-electron chi connectivity index (χ4n) is 2.17. The molecule has 0 aliphatic carbocycles. The summed E-state index contributed by atoms with van der Waals surface area (Å²) < 4.78 is 61.1. The maximum atomic E-state index is 13.7. The number of aromatic nitrogens is 1. The predicted molar refractivity (Wildman–Crippen MR) is 82.9 cm³/mol. The van der Waals surface area contributed by atoms with E-state index < -0.39 is 29.7 Å². The highest BCUT2D eigenvalue weighted by Gasteiger charge is 2.17. The van der Waals surface area contributed by atoms with E-state index in [1.807, 2.05) is 0 Å². The third-order valence-corrected chi connectivity index (χ3v) is 3.26. The van der Waals surface area contributed by atoms with E-state index in [9.17, 15) is 22.4 Å². The Bertz CT molecular complexity index is 923. The average molecular weight is 366 g/mol. The van der Waals surface area contributed by atoms with Crippen LogP contribution in [0.1, 0.15) is 10.4 Å². The Morgan fingerprint density at radius 3 is 2.50 bits per heavy atom. The van der Waals surface area contributed by atoms with E-state index in [0.29, 0.717) is 0 Å². The van der Waals surface area contributed by atoms with Gasteiger partial charge in [0.2, 0.25) is 0 Å². The lowest BCUT2D eigenvalue weighted by Crippen LogP contribution is -2.12. The van der Waals surface area contributed by atoms with Crippen molar-refractivity contribution in [1.82, 2.24) is 4.98 Å². The number of nitrogens with one attached hydrogen (secondary N) is 1. The molecule has 0 aliphatic rings. The number of benzene rings is 2. The largest absolute Gasteiger partial charge is 0.435 e. The van der Waals surface area contributed by atoms with Crippen molar-refractivity contribution < 1.29 is 31.5 Å². The highest BCUT2D eigenvalue weighted by atomic mass is 19.3. The Labute approximate surface area is 144 Å². The zero-order valence-electron chi connectivity index (χ0n) is 12.9. The molecule has 0 radical (unpaired) electrons. The number of halogens is 4. The normalized spacial score (nSPS) is 10.8. The minimum atomic E-state index is -3.03. The number of rotatable bonds is 5. The lowest BCUT2D eigenvalue weighted by Gasteiger charge is -2.06. The van der Waals surface area contributed by atoms with Gasteiger partial charge >= 0.3 is 12.6 Å². The van der Waals surface area contributed by atoms with Crippen molar-refractivity contribution in [2.24, 2.45) is 0 Å². The van der Waals surface area contributed by atoms with Gasteiger partial charge in [0.15, 0.2) is 0 Å². The standard InChI is InChI=1S/C17H10F4N2O3/c18-11-5-2-6-12(19)14(11)13-8-25-17(22-13)23-15(24)9-3-1-4-10(7-9)26-16(20)21/h1-8,16H,(H,22,23,24). The third kappa shape index (κ3) is 3.82. The Morgan fingerprint density at radius 1 is 1.12 bits per heavy atom. The van der Waals surface area contributed by atoms with Gasteiger partial charge in [0.1, 0.15) is 29.3 Å². The second-order valence-corrected chi connectivity index (χ2v) is 5.00. The van der Waals surface area contributed by atoms with Gasteiger partial charge in [0.25, 0.3) is 5.91 Å². The van der Waals surface area contributed by atoms with Gasteiger partial charge < -0.3 is 9.15 Å². The van der Waals surface area contributed by atoms with E-state index in [2.05, 4.69) is 15.0 Å². The molecule has 5 nitrogen and oxygen atoms in total. The zero-order valence-corrected chi connectivity index (χ0v) is 12.9. The van der Waals surface area contributed by atoms with Gasteiger partial charge in [-0.05, 0) is 30.3 Å². The van der Waals surface area contributed by atoms with E-state index >= 15 is 0 Å². The average Bonchev–Trinajstić information content (AvgIpc) is 3.02. The molecular weight excluding hydrogens is 356 g/mol. The van der Waals surface area contributed by atoms with Crippen molar-refractivity contribution in [1.29, 1.82) is 0 Å². The van der Waals surface area contributed by atoms with Gasteiger partial charge in [-0.15, -0.1) is 0 Å². The number of carbonyl (C=O) groups is 1. The molecule has 0 saturated heterocycles. The molecule has 1 N–H and O–H groups in total. The van der Waals surface area contributed by atoms with Crippen molar-refractivity contribution in [3.8, 4) is 17.0 Å². The number of amides is 1. The molecular formula is C17H10F4N2O3. The summed E-state index contributed by atoms with van der Waals surface area (Å²) in [5.41, 5.74) is -0.547. The van der Waals surface area contributed by atoms with Gasteiger partial charge in [-0.1, -0.05) is 12.1 Å². The van der Waals surface area contributed by atoms with Crippen LogP contribution in [0, 0.1) is 11.6 Å². The first-order valence-corrected chi connectivity index (χ1v) is 7.20. The van der Waals surface area contributed by atoms with Crippen molar-refractivity contribution in [2.75, 3.05) is 5.32 Å². The van der Waals surface area contributed by atoms with Crippen molar-refractivity contribution in [2.45, 2.75) is 6.61 Å². The van der Waals surface area contributed by atoms with Gasteiger partial charge in [-0.25, -0.2) is 8.78 Å². The van der Waals surface area contributed by atoms with Crippen LogP contribution in [0.3, 0.4) is 0 Å². The van der Waals surface area contributed by atoms with Crippen molar-refractivity contribution >= 4 is 11.9 Å². The molecule has 2 aromatic carbocycles. The summed E-state index contributed by atoms with van der Waals surface area (Å²) in [6, 6.07) is 8.06. The topological polar surface area (TPSA) is 64.4 Å². The number of anilines is 1. The van der Waals surface area contributed by atoms with Crippen molar-refractivity contribution in [3.63, 3.8) is 0 Å². The number of hydrogen-bond donors (Lipinski definition) is 1. The number of carbonyl (C=O) groups excluding carboxylic acids is 1. The highest BCUT2D eigenvalue weighted by Crippen LogP contribution is 2.26. The Hall–Kier alpha value is -3.36. The van der Waals surface area contributed by atoms with Crippen LogP contribution in [0.4, 0.5) is 23.6 Å². The summed E-state index contributed by atoms with van der Waals surface area (Å²) in [4.78, 5) is 15.9. The molecule has 26 heavy (non-hydrogen) atoms. The van der Waals surface area contributed by atoms with Crippen molar-refractivity contribution in [3.05, 3.63) is 65.9 Å². The van der Waals surface area contributed by atoms with Gasteiger partial charge in [0, 0.05) is 5.56 Å². The smallest absolute Gasteiger partial charge is 0.387 e. The molecule has 9 heteroatoms. The quantitative estimate of drug-likeness (QED) is 0.677. The van der Waals surface area contributed by atoms with Crippen LogP contribution in [0.5, 0.6) is 5.75 Å². The monoisotopic (exact) mass is 366 g/mol. The summed E-state index contributed by atoms with van der Waals surface area (Å²) >= 11 is 0. The second kappa shape index (κ2) is 7.26. The van der Waals surface area contributed by atoms with Crippen LogP contribution in [-0.2, 0) is 0 Å². The summed E-state index contributed by atoms with van der Waals surface area (Å²) in [6.45, 7) is -3.03. The van der Waals surface area contributed by atoms with Crippen LogP contribution in [0.2, 0.25) is 0 Å². The SMILES string of the molecule is O=C(Nc1nc(-c2c(F)cccc2F)co1)c1cccc(OC(F)F)c1. The molecule has 0 spiro atoms. The fraction of sp³-hybridized carbons (Fsp3) is 0.0588. The number of ether oxygens (including phenoxy) is 1. The zero-order chi connectivity index (χ0) is 18.7. The molecule has 1 aromatic heterocycles. The molecule has 3 aromatic rings. The van der Waals surface area contributed by atoms with E-state index in [1.54, 1.807) is 0 Å². The highest BCUT2D eigenvalue weighted by molar-refractivity contribution is 6.03. The van der Waals surface area contributed by atoms with E-state index in [1.165, 1.54) is 24.3 Å². The molecule has 134 valence electrons. The van der Waals surface area contributed by atoms with E-state index in [-0.39, 0.29) is 23.0 Å². The molecule has 1 amide bonds. The maximum absolute atomic E-state index is 13.7. The van der Waals surface area contributed by atoms with Crippen LogP contribution < -0.4 is 10.1 Å². The van der Waals surface area contributed by atoms with Gasteiger partial charge in [-0.2, -0.15) is 13.8 Å². The van der Waals surface area contributed by atoms with E-state index in [4.69, 9.17) is 4.42 Å². The fourth-order valence-corrected chi connectivity index (χ4v) is 2.17. The van der Waals surface area contributed by atoms with E-state index in [0.717, 1.165) is 24.5 Å². The lowest BCUT2D eigenvalue weighted by atomic mass is 10.1. The number of nitrogens with zero attached hydrogens (tertiary/aromatic N) is 1. The third-order valence-electron chi connectivity index (χ3n) is 3.26. The lowest BCUT2D eigenvalue weighted by molar-refractivity contribution is -0.0498. The van der Waals surface area contributed by atoms with Crippen LogP contribution in [0.25, 0.3) is 11.3 Å². The molecule has 0 bridgehead atoms. The summed E-state index contributed by atoms with van der Waals surface area (Å²) in [5.74, 6) is -2.61. The summed E-state index contributed by atoms with van der Waals surface area (Å²) in [7, 11) is 0. The molecule has 3 rings (SSSR count). The second-order valence-electron chi connectivity index (χ2n) is 5.00. The molecule has 0 fully saturated rings. The van der Waals surface area contributed by atoms with Crippen LogP contribution >= 0.6 is 0 Å². The van der Waals surface area contributed by atoms with Crippen LogP contribution in [-0.4, -0.2) is 17.5 Å². The first-order valence-electron chi connectivity index (χ1n) is 7.20. The van der Waals surface area contributed by atoms with Crippen LogP contribution in [0.15, 0.2) is 53.1 Å². The number of oxazole rings is 1. The Balaban J connectivity index is 1.78. The molecule has 1 heterocycles. The minimum absolute atomic E-state index is 0.0000257. The summed E-state index contributed by atoms with van der Waals surface area (Å²) in [6.07, 6.45) is 0.980. The van der Waals surface area contributed by atoms with Gasteiger partial charge in [-0.3, -0.25) is 10.1 Å². The number of hydrogen-bond acceptors (Lipinski definition) is 4. The molecule has 0 saturated carbocycles. The summed E-state index contributed by atoms with van der Waals surface area (Å²) in [5, 5.41) is 2.26. The first kappa shape index (κ1) is 17.5. The first-order chi connectivity index (χ1) is 12.4.